The third-order valence-electron chi connectivity index (χ3n) is 2.53. The average molecular weight is 316 g/mol. The van der Waals surface area contributed by atoms with Gasteiger partial charge in [0.15, 0.2) is 0 Å². The summed E-state index contributed by atoms with van der Waals surface area (Å²) in [6.45, 7) is 1.85. The van der Waals surface area contributed by atoms with Gasteiger partial charge in [-0.25, -0.2) is 4.98 Å². The predicted octanol–water partition coefficient (Wildman–Crippen LogP) is 4.60. The largest absolute Gasteiger partial charge is 0.320 e. The van der Waals surface area contributed by atoms with Gasteiger partial charge in [-0.05, 0) is 24.6 Å². The second-order valence-corrected chi connectivity index (χ2v) is 5.07. The molecular formula is C13H9Cl3N2O. The van der Waals surface area contributed by atoms with Gasteiger partial charge in [-0.1, -0.05) is 46.9 Å². The highest BCUT2D eigenvalue weighted by Crippen LogP contribution is 2.27. The van der Waals surface area contributed by atoms with E-state index in [9.17, 15) is 4.79 Å². The Bertz CT molecular complexity index is 624. The molecule has 0 bridgehead atoms. The monoisotopic (exact) mass is 314 g/mol. The highest BCUT2D eigenvalue weighted by atomic mass is 35.5. The van der Waals surface area contributed by atoms with Crippen LogP contribution in [0.4, 0.5) is 5.69 Å². The molecular weight excluding hydrogens is 307 g/mol. The summed E-state index contributed by atoms with van der Waals surface area (Å²) in [5.74, 6) is -0.384. The molecule has 0 radical (unpaired) electrons. The smallest absolute Gasteiger partial charge is 0.257 e. The first-order chi connectivity index (χ1) is 8.99. The van der Waals surface area contributed by atoms with Crippen LogP contribution in [0.3, 0.4) is 0 Å². The van der Waals surface area contributed by atoms with Gasteiger partial charge in [0, 0.05) is 6.20 Å². The van der Waals surface area contributed by atoms with Gasteiger partial charge in [0.25, 0.3) is 5.91 Å². The van der Waals surface area contributed by atoms with E-state index >= 15 is 0 Å². The molecule has 0 unspecified atom stereocenters. The third-order valence-corrected chi connectivity index (χ3v) is 3.35. The number of carbonyl (C=O) groups is 1. The lowest BCUT2D eigenvalue weighted by Gasteiger charge is -2.11. The third kappa shape index (κ3) is 3.18. The summed E-state index contributed by atoms with van der Waals surface area (Å²) in [5.41, 5.74) is 1.66. The fraction of sp³-hybridized carbons (Fsp3) is 0.0769. The summed E-state index contributed by atoms with van der Waals surface area (Å²) in [6.07, 6.45) is 1.33. The number of aromatic nitrogens is 1. The van der Waals surface area contributed by atoms with Crippen LogP contribution in [0.5, 0.6) is 0 Å². The first-order valence-corrected chi connectivity index (χ1v) is 6.50. The SMILES string of the molecule is Cc1cccc(Cl)c1NC(=O)c1cc(Cl)ncc1Cl. The first-order valence-electron chi connectivity index (χ1n) is 5.36. The Morgan fingerprint density at radius 2 is 1.95 bits per heavy atom. The molecule has 0 aliphatic rings. The lowest BCUT2D eigenvalue weighted by atomic mass is 10.2. The number of rotatable bonds is 2. The molecule has 0 aliphatic heterocycles. The number of halogens is 3. The van der Waals surface area contributed by atoms with Gasteiger partial charge in [-0.2, -0.15) is 0 Å². The van der Waals surface area contributed by atoms with Crippen LogP contribution < -0.4 is 5.32 Å². The quantitative estimate of drug-likeness (QED) is 0.823. The molecule has 0 atom stereocenters. The number of benzene rings is 1. The van der Waals surface area contributed by atoms with Crippen LogP contribution in [0.25, 0.3) is 0 Å². The molecule has 2 rings (SSSR count). The van der Waals surface area contributed by atoms with E-state index < -0.39 is 0 Å². The molecule has 2 aromatic rings. The van der Waals surface area contributed by atoms with Crippen molar-refractivity contribution < 1.29 is 4.79 Å². The maximum Gasteiger partial charge on any atom is 0.257 e. The van der Waals surface area contributed by atoms with Crippen LogP contribution in [-0.2, 0) is 0 Å². The van der Waals surface area contributed by atoms with Gasteiger partial charge in [0.2, 0.25) is 0 Å². The Morgan fingerprint density at radius 1 is 1.21 bits per heavy atom. The van der Waals surface area contributed by atoms with Crippen LogP contribution in [0, 0.1) is 6.92 Å². The molecule has 1 aromatic carbocycles. The topological polar surface area (TPSA) is 42.0 Å². The molecule has 98 valence electrons. The molecule has 0 aliphatic carbocycles. The normalized spacial score (nSPS) is 10.3. The fourth-order valence-corrected chi connectivity index (χ4v) is 2.17. The van der Waals surface area contributed by atoms with Crippen molar-refractivity contribution in [2.45, 2.75) is 6.92 Å². The Morgan fingerprint density at radius 3 is 2.63 bits per heavy atom. The van der Waals surface area contributed by atoms with E-state index in [-0.39, 0.29) is 21.6 Å². The molecule has 1 heterocycles. The van der Waals surface area contributed by atoms with Crippen LogP contribution >= 0.6 is 34.8 Å². The molecule has 1 N–H and O–H groups in total. The van der Waals surface area contributed by atoms with Gasteiger partial charge in [0.1, 0.15) is 5.15 Å². The van der Waals surface area contributed by atoms with E-state index in [1.54, 1.807) is 6.07 Å². The highest BCUT2D eigenvalue weighted by molar-refractivity contribution is 6.36. The number of carbonyl (C=O) groups excluding carboxylic acids is 1. The van der Waals surface area contributed by atoms with Crippen molar-refractivity contribution in [1.82, 2.24) is 4.98 Å². The lowest BCUT2D eigenvalue weighted by Crippen LogP contribution is -2.14. The number of para-hydroxylation sites is 1. The van der Waals surface area contributed by atoms with Gasteiger partial charge in [0.05, 0.1) is 21.3 Å². The molecule has 1 amide bonds. The van der Waals surface area contributed by atoms with Crippen LogP contribution in [0.15, 0.2) is 30.5 Å². The van der Waals surface area contributed by atoms with E-state index in [0.717, 1.165) is 5.56 Å². The van der Waals surface area contributed by atoms with Crippen molar-refractivity contribution in [3.05, 3.63) is 56.8 Å². The number of hydrogen-bond donors (Lipinski definition) is 1. The molecule has 0 saturated carbocycles. The van der Waals surface area contributed by atoms with E-state index in [1.165, 1.54) is 12.3 Å². The fourth-order valence-electron chi connectivity index (χ4n) is 1.56. The molecule has 3 nitrogen and oxygen atoms in total. The van der Waals surface area contributed by atoms with Gasteiger partial charge in [-0.3, -0.25) is 4.79 Å². The second kappa shape index (κ2) is 5.78. The molecule has 0 fully saturated rings. The van der Waals surface area contributed by atoms with Crippen LogP contribution in [-0.4, -0.2) is 10.9 Å². The van der Waals surface area contributed by atoms with Crippen molar-refractivity contribution in [1.29, 1.82) is 0 Å². The van der Waals surface area contributed by atoms with E-state index in [4.69, 9.17) is 34.8 Å². The zero-order valence-electron chi connectivity index (χ0n) is 9.88. The number of amides is 1. The minimum atomic E-state index is -0.384. The molecule has 0 saturated heterocycles. The number of aryl methyl sites for hydroxylation is 1. The van der Waals surface area contributed by atoms with E-state index in [1.807, 2.05) is 19.1 Å². The Labute approximate surface area is 125 Å². The summed E-state index contributed by atoms with van der Waals surface area (Å²) < 4.78 is 0. The summed E-state index contributed by atoms with van der Waals surface area (Å²) in [6, 6.07) is 6.77. The summed E-state index contributed by atoms with van der Waals surface area (Å²) in [5, 5.41) is 3.61. The second-order valence-electron chi connectivity index (χ2n) is 3.87. The van der Waals surface area contributed by atoms with Crippen molar-refractivity contribution >= 4 is 46.4 Å². The zero-order valence-corrected chi connectivity index (χ0v) is 12.1. The summed E-state index contributed by atoms with van der Waals surface area (Å²) in [4.78, 5) is 15.9. The maximum atomic E-state index is 12.2. The first kappa shape index (κ1) is 14.1. The van der Waals surface area contributed by atoms with Crippen LogP contribution in [0.1, 0.15) is 15.9 Å². The van der Waals surface area contributed by atoms with Gasteiger partial charge < -0.3 is 5.32 Å². The molecule has 1 aromatic heterocycles. The van der Waals surface area contributed by atoms with Gasteiger partial charge >= 0.3 is 0 Å². The number of pyridine rings is 1. The van der Waals surface area contributed by atoms with Crippen molar-refractivity contribution in [2.24, 2.45) is 0 Å². The number of nitrogens with one attached hydrogen (secondary N) is 1. The Hall–Kier alpha value is -1.29. The molecule has 6 heteroatoms. The highest BCUT2D eigenvalue weighted by Gasteiger charge is 2.14. The summed E-state index contributed by atoms with van der Waals surface area (Å²) >= 11 is 17.7. The van der Waals surface area contributed by atoms with Crippen molar-refractivity contribution in [3.63, 3.8) is 0 Å². The lowest BCUT2D eigenvalue weighted by molar-refractivity contribution is 0.102. The Balaban J connectivity index is 2.34. The predicted molar refractivity (Wildman–Crippen MR) is 78.4 cm³/mol. The maximum absolute atomic E-state index is 12.2. The standard InChI is InChI=1S/C13H9Cl3N2O/c1-7-3-2-4-9(14)12(7)18-13(19)8-5-11(16)17-6-10(8)15/h2-6H,1H3,(H,18,19). The number of nitrogens with zero attached hydrogens (tertiary/aromatic N) is 1. The zero-order chi connectivity index (χ0) is 14.0. The minimum absolute atomic E-state index is 0.199. The minimum Gasteiger partial charge on any atom is -0.320 e. The van der Waals surface area contributed by atoms with E-state index in [0.29, 0.717) is 10.7 Å². The number of hydrogen-bond acceptors (Lipinski definition) is 2. The van der Waals surface area contributed by atoms with Crippen molar-refractivity contribution in [2.75, 3.05) is 5.32 Å². The van der Waals surface area contributed by atoms with Crippen LogP contribution in [0.2, 0.25) is 15.2 Å². The Kier molecular flexibility index (Phi) is 4.30. The molecule has 19 heavy (non-hydrogen) atoms. The van der Waals surface area contributed by atoms with E-state index in [2.05, 4.69) is 10.3 Å². The van der Waals surface area contributed by atoms with Gasteiger partial charge in [-0.15, -0.1) is 0 Å². The van der Waals surface area contributed by atoms with Crippen molar-refractivity contribution in [3.8, 4) is 0 Å². The average Bonchev–Trinajstić information content (AvgIpc) is 2.37. The summed E-state index contributed by atoms with van der Waals surface area (Å²) in [7, 11) is 0. The number of anilines is 1. The molecule has 0 spiro atoms.